The van der Waals surface area contributed by atoms with Crippen LogP contribution < -0.4 is 14.9 Å². The number of nitrogens with zero attached hydrogens (tertiary/aromatic N) is 3. The molecule has 0 N–H and O–H groups in total. The highest BCUT2D eigenvalue weighted by Crippen LogP contribution is 2.50. The second-order valence-electron chi connectivity index (χ2n) is 14.8. The Kier molecular flexibility index (Phi) is 7.84. The number of piperidine rings is 1. The van der Waals surface area contributed by atoms with Gasteiger partial charge < -0.3 is 28.1 Å². The van der Waals surface area contributed by atoms with Crippen molar-refractivity contribution in [2.45, 2.75) is 96.0 Å². The maximum absolute atomic E-state index is 14.9. The van der Waals surface area contributed by atoms with Crippen LogP contribution in [0, 0.1) is 5.82 Å². The number of para-hydroxylation sites is 1. The van der Waals surface area contributed by atoms with Crippen LogP contribution in [0.3, 0.4) is 0 Å². The average molecular weight is 674 g/mol. The van der Waals surface area contributed by atoms with Gasteiger partial charge in [0.05, 0.1) is 47.0 Å². The number of imidazole rings is 1. The van der Waals surface area contributed by atoms with Crippen molar-refractivity contribution >= 4 is 35.2 Å². The van der Waals surface area contributed by atoms with Crippen LogP contribution in [0.2, 0.25) is 5.02 Å². The van der Waals surface area contributed by atoms with Crippen LogP contribution in [0.5, 0.6) is 11.5 Å². The molecule has 0 spiro atoms. The molecule has 8 rings (SSSR count). The van der Waals surface area contributed by atoms with E-state index in [2.05, 4.69) is 61.4 Å². The normalized spacial score (nSPS) is 25.1. The van der Waals surface area contributed by atoms with E-state index in [9.17, 15) is 4.39 Å². The number of fused-ring (bicyclic) bond motifs is 2. The van der Waals surface area contributed by atoms with Crippen molar-refractivity contribution in [2.24, 2.45) is 0 Å². The van der Waals surface area contributed by atoms with E-state index >= 15 is 0 Å². The molecule has 252 valence electrons. The average Bonchev–Trinajstić information content (AvgIpc) is 3.61. The van der Waals surface area contributed by atoms with Crippen LogP contribution in [0.1, 0.15) is 76.8 Å². The number of halogens is 2. The molecule has 0 amide bonds. The molecule has 8 nitrogen and oxygen atoms in total. The Morgan fingerprint density at radius 3 is 2.38 bits per heavy atom. The Morgan fingerprint density at radius 2 is 1.69 bits per heavy atom. The Balaban J connectivity index is 0.991. The Labute approximate surface area is 286 Å². The molecule has 2 atom stereocenters. The summed E-state index contributed by atoms with van der Waals surface area (Å²) in [5.74, 6) is 0.961. The van der Waals surface area contributed by atoms with Gasteiger partial charge in [-0.25, -0.2) is 9.37 Å². The summed E-state index contributed by atoms with van der Waals surface area (Å²) in [5, 5.41) is 0.334. The lowest BCUT2D eigenvalue weighted by Crippen LogP contribution is -2.41. The first-order valence-electron chi connectivity index (χ1n) is 17.0. The third kappa shape index (κ3) is 5.59. The van der Waals surface area contributed by atoms with E-state index < -0.39 is 29.9 Å². The van der Waals surface area contributed by atoms with Gasteiger partial charge in [0, 0.05) is 24.1 Å². The molecule has 5 heterocycles. The second kappa shape index (κ2) is 11.7. The number of benzene rings is 3. The van der Waals surface area contributed by atoms with Gasteiger partial charge in [0.15, 0.2) is 11.5 Å². The van der Waals surface area contributed by atoms with Crippen molar-refractivity contribution in [3.8, 4) is 11.5 Å². The first kappa shape index (κ1) is 32.1. The first-order chi connectivity index (χ1) is 22.9. The van der Waals surface area contributed by atoms with Crippen LogP contribution in [0.15, 0.2) is 54.6 Å². The molecule has 48 heavy (non-hydrogen) atoms. The lowest BCUT2D eigenvalue weighted by molar-refractivity contribution is -0.0712. The largest absolute Gasteiger partial charge is 0.494 e. The van der Waals surface area contributed by atoms with Crippen LogP contribution in [-0.4, -0.2) is 58.6 Å². The van der Waals surface area contributed by atoms with Crippen LogP contribution in [0.25, 0.3) is 11.0 Å². The Morgan fingerprint density at radius 1 is 0.938 bits per heavy atom. The fraction of sp³-hybridized carbons (Fsp3) is 0.486. The SMILES string of the molecule is CC1(c2ccc(Cl)cc2F)Oc2cccc(C3CCN(Cc4nc5cc(B6OC(C)(C)C(C)(C)O6)ccc5n4CC4CCO4)CC3)c2O1. The fourth-order valence-electron chi connectivity index (χ4n) is 7.32. The summed E-state index contributed by atoms with van der Waals surface area (Å²) >= 11 is 6.01. The summed E-state index contributed by atoms with van der Waals surface area (Å²) < 4.78 is 48.4. The number of hydrogen-bond acceptors (Lipinski definition) is 7. The second-order valence-corrected chi connectivity index (χ2v) is 15.2. The molecule has 0 radical (unpaired) electrons. The van der Waals surface area contributed by atoms with E-state index in [1.807, 2.05) is 12.1 Å². The predicted octanol–water partition coefficient (Wildman–Crippen LogP) is 6.94. The van der Waals surface area contributed by atoms with Crippen LogP contribution in [-0.2, 0) is 32.9 Å². The lowest BCUT2D eigenvalue weighted by Gasteiger charge is -2.33. The summed E-state index contributed by atoms with van der Waals surface area (Å²) in [5.41, 5.74) is 3.65. The van der Waals surface area contributed by atoms with Gasteiger partial charge in [-0.15, -0.1) is 0 Å². The highest BCUT2D eigenvalue weighted by atomic mass is 35.5. The number of aromatic nitrogens is 2. The van der Waals surface area contributed by atoms with Gasteiger partial charge in [0.2, 0.25) is 0 Å². The van der Waals surface area contributed by atoms with Crippen LogP contribution >= 0.6 is 11.6 Å². The predicted molar refractivity (Wildman–Crippen MR) is 184 cm³/mol. The van der Waals surface area contributed by atoms with Crippen molar-refractivity contribution in [3.05, 3.63) is 82.4 Å². The van der Waals surface area contributed by atoms with E-state index in [1.165, 1.54) is 6.07 Å². The Bertz CT molecular complexity index is 1860. The van der Waals surface area contributed by atoms with Gasteiger partial charge in [-0.2, -0.15) is 0 Å². The number of hydrogen-bond donors (Lipinski definition) is 0. The van der Waals surface area contributed by atoms with Crippen molar-refractivity contribution in [1.82, 2.24) is 14.5 Å². The highest BCUT2D eigenvalue weighted by Gasteiger charge is 2.52. The molecule has 4 aliphatic rings. The maximum atomic E-state index is 14.9. The summed E-state index contributed by atoms with van der Waals surface area (Å²) in [6, 6.07) is 17.0. The van der Waals surface area contributed by atoms with E-state index in [0.29, 0.717) is 28.0 Å². The molecule has 0 aliphatic carbocycles. The summed E-state index contributed by atoms with van der Waals surface area (Å²) in [6.07, 6.45) is 3.20. The van der Waals surface area contributed by atoms with Gasteiger partial charge in [-0.05, 0) is 108 Å². The molecule has 1 aromatic heterocycles. The minimum Gasteiger partial charge on any atom is -0.444 e. The molecule has 4 aromatic rings. The van der Waals surface area contributed by atoms with E-state index in [0.717, 1.165) is 79.9 Å². The quantitative estimate of drug-likeness (QED) is 0.197. The van der Waals surface area contributed by atoms with Crippen molar-refractivity contribution in [3.63, 3.8) is 0 Å². The third-order valence-corrected chi connectivity index (χ3v) is 11.2. The Hall–Kier alpha value is -3.15. The molecule has 0 bridgehead atoms. The molecular weight excluding hydrogens is 632 g/mol. The summed E-state index contributed by atoms with van der Waals surface area (Å²) in [6.45, 7) is 14.2. The van der Waals surface area contributed by atoms with Crippen molar-refractivity contribution in [1.29, 1.82) is 0 Å². The topological polar surface area (TPSA) is 67.2 Å². The zero-order chi connectivity index (χ0) is 33.4. The smallest absolute Gasteiger partial charge is 0.444 e. The van der Waals surface area contributed by atoms with Gasteiger partial charge in [0.1, 0.15) is 11.6 Å². The number of ether oxygens (including phenoxy) is 3. The van der Waals surface area contributed by atoms with E-state index in [1.54, 1.807) is 19.1 Å². The minimum absolute atomic E-state index is 0.212. The van der Waals surface area contributed by atoms with Crippen molar-refractivity contribution in [2.75, 3.05) is 19.7 Å². The monoisotopic (exact) mass is 673 g/mol. The molecular formula is C37H42BClFN3O5. The summed E-state index contributed by atoms with van der Waals surface area (Å²) in [4.78, 5) is 7.67. The zero-order valence-electron chi connectivity index (χ0n) is 28.2. The molecule has 3 fully saturated rings. The van der Waals surface area contributed by atoms with E-state index in [-0.39, 0.29) is 6.10 Å². The van der Waals surface area contributed by atoms with Crippen LogP contribution in [0.4, 0.5) is 4.39 Å². The molecule has 0 saturated carbocycles. The maximum Gasteiger partial charge on any atom is 0.494 e. The lowest BCUT2D eigenvalue weighted by atomic mass is 9.79. The number of rotatable bonds is 7. The molecule has 11 heteroatoms. The molecule has 4 aliphatic heterocycles. The zero-order valence-corrected chi connectivity index (χ0v) is 29.0. The fourth-order valence-corrected chi connectivity index (χ4v) is 7.48. The molecule has 3 aromatic carbocycles. The molecule has 3 saturated heterocycles. The first-order valence-corrected chi connectivity index (χ1v) is 17.4. The standard InChI is InChI=1S/C37H42BClFN3O5/c1-35(2)36(3,4)48-38(47-35)24-9-12-31-30(19-24)41-33(43(31)21-26-15-18-44-26)22-42-16-13-23(14-17-42)27-7-6-8-32-34(27)46-37(5,45-32)28-11-10-25(39)20-29(28)40/h6-12,19-20,23,26H,13-18,21-22H2,1-5H3. The third-order valence-electron chi connectivity index (χ3n) is 11.0. The summed E-state index contributed by atoms with van der Waals surface area (Å²) in [7, 11) is -0.432. The highest BCUT2D eigenvalue weighted by molar-refractivity contribution is 6.62. The number of likely N-dealkylation sites (tertiary alicyclic amines) is 1. The van der Waals surface area contributed by atoms with Crippen molar-refractivity contribution < 1.29 is 27.9 Å². The van der Waals surface area contributed by atoms with Gasteiger partial charge >= 0.3 is 7.12 Å². The van der Waals surface area contributed by atoms with E-state index in [4.69, 9.17) is 40.1 Å². The minimum atomic E-state index is -1.26. The molecule has 2 unspecified atom stereocenters. The van der Waals surface area contributed by atoms with Gasteiger partial charge in [-0.3, -0.25) is 4.90 Å². The van der Waals surface area contributed by atoms with Gasteiger partial charge in [-0.1, -0.05) is 29.8 Å². The van der Waals surface area contributed by atoms with Gasteiger partial charge in [0.25, 0.3) is 5.79 Å².